The fraction of sp³-hybridized carbons (Fsp3) is 0.217. The number of carbonyl (C=O) groups is 3. The predicted octanol–water partition coefficient (Wildman–Crippen LogP) is 2.68. The molecule has 7 nitrogen and oxygen atoms in total. The van der Waals surface area contributed by atoms with Crippen LogP contribution in [0, 0.1) is 17.1 Å². The van der Waals surface area contributed by atoms with Gasteiger partial charge in [-0.25, -0.2) is 9.18 Å². The molecule has 3 rings (SSSR count). The third kappa shape index (κ3) is 4.46. The van der Waals surface area contributed by atoms with Crippen LogP contribution in [0.5, 0.6) is 0 Å². The Balaban J connectivity index is 1.75. The summed E-state index contributed by atoms with van der Waals surface area (Å²) in [4.78, 5) is 40.7. The molecule has 0 saturated carbocycles. The van der Waals surface area contributed by atoms with Crippen molar-refractivity contribution in [1.29, 1.82) is 5.26 Å². The van der Waals surface area contributed by atoms with Crippen molar-refractivity contribution in [3.05, 3.63) is 83.7 Å². The molecule has 0 aliphatic carbocycles. The highest BCUT2D eigenvalue weighted by molar-refractivity contribution is 6.09. The molecule has 0 radical (unpaired) electrons. The fourth-order valence-corrected chi connectivity index (χ4v) is 3.37. The monoisotopic (exact) mass is 420 g/mol. The zero-order chi connectivity index (χ0) is 22.6. The Hall–Kier alpha value is -3.99. The molecule has 158 valence electrons. The van der Waals surface area contributed by atoms with Gasteiger partial charge in [-0.05, 0) is 42.3 Å². The zero-order valence-electron chi connectivity index (χ0n) is 17.0. The van der Waals surface area contributed by atoms with Gasteiger partial charge in [0.05, 0.1) is 11.6 Å². The van der Waals surface area contributed by atoms with Crippen LogP contribution in [0.2, 0.25) is 0 Å². The second-order valence-electron chi connectivity index (χ2n) is 7.33. The van der Waals surface area contributed by atoms with Crippen molar-refractivity contribution >= 4 is 17.8 Å². The summed E-state index contributed by atoms with van der Waals surface area (Å²) in [7, 11) is 0. The quantitative estimate of drug-likeness (QED) is 0.551. The lowest BCUT2D eigenvalue weighted by molar-refractivity contribution is -0.139. The number of amides is 4. The number of carbonyl (C=O) groups excluding carboxylic acids is 3. The Labute approximate surface area is 179 Å². The first-order valence-corrected chi connectivity index (χ1v) is 9.56. The van der Waals surface area contributed by atoms with Gasteiger partial charge in [0.15, 0.2) is 0 Å². The molecule has 0 bridgehead atoms. The van der Waals surface area contributed by atoms with Crippen LogP contribution in [-0.4, -0.2) is 40.7 Å². The van der Waals surface area contributed by atoms with E-state index in [0.29, 0.717) is 11.1 Å². The molecule has 0 aromatic heterocycles. The molecule has 31 heavy (non-hydrogen) atoms. The van der Waals surface area contributed by atoms with Crippen molar-refractivity contribution in [1.82, 2.24) is 15.1 Å². The van der Waals surface area contributed by atoms with Gasteiger partial charge >= 0.3 is 6.03 Å². The van der Waals surface area contributed by atoms with Gasteiger partial charge in [0.2, 0.25) is 5.91 Å². The van der Waals surface area contributed by atoms with Crippen molar-refractivity contribution in [2.75, 3.05) is 13.1 Å². The van der Waals surface area contributed by atoms with Crippen molar-refractivity contribution in [2.45, 2.75) is 19.0 Å². The minimum Gasteiger partial charge on any atom is -0.333 e. The number of nitrogens with zero attached hydrogens (tertiary/aromatic N) is 3. The molecule has 1 N–H and O–H groups in total. The maximum Gasteiger partial charge on any atom is 0.325 e. The van der Waals surface area contributed by atoms with Gasteiger partial charge in [-0.3, -0.25) is 14.5 Å². The Bertz CT molecular complexity index is 1060. The van der Waals surface area contributed by atoms with E-state index in [-0.39, 0.29) is 13.1 Å². The molecule has 1 atom stereocenters. The third-order valence-electron chi connectivity index (χ3n) is 5.15. The van der Waals surface area contributed by atoms with E-state index in [1.807, 2.05) is 6.07 Å². The minimum absolute atomic E-state index is 0.220. The molecule has 1 aliphatic heterocycles. The van der Waals surface area contributed by atoms with E-state index in [9.17, 15) is 18.8 Å². The summed E-state index contributed by atoms with van der Waals surface area (Å²) in [5.41, 5.74) is 0.330. The third-order valence-corrected chi connectivity index (χ3v) is 5.15. The van der Waals surface area contributed by atoms with Gasteiger partial charge in [-0.1, -0.05) is 30.3 Å². The molecule has 1 fully saturated rings. The van der Waals surface area contributed by atoms with Crippen molar-refractivity contribution in [3.63, 3.8) is 0 Å². The normalized spacial score (nSPS) is 17.8. The van der Waals surface area contributed by atoms with Crippen LogP contribution in [0.25, 0.3) is 0 Å². The van der Waals surface area contributed by atoms with Crippen LogP contribution < -0.4 is 5.32 Å². The average molecular weight is 420 g/mol. The van der Waals surface area contributed by atoms with Crippen molar-refractivity contribution in [2.24, 2.45) is 0 Å². The number of hydrogen-bond donors (Lipinski definition) is 1. The lowest BCUT2D eigenvalue weighted by atomic mass is 9.92. The molecule has 1 heterocycles. The van der Waals surface area contributed by atoms with E-state index >= 15 is 0 Å². The van der Waals surface area contributed by atoms with Crippen LogP contribution in [-0.2, 0) is 21.7 Å². The summed E-state index contributed by atoms with van der Waals surface area (Å²) in [6.45, 7) is 5.19. The van der Waals surface area contributed by atoms with Crippen LogP contribution >= 0.6 is 0 Å². The Morgan fingerprint density at radius 2 is 1.87 bits per heavy atom. The highest BCUT2D eigenvalue weighted by atomic mass is 19.1. The summed E-state index contributed by atoms with van der Waals surface area (Å²) in [6, 6.07) is 13.4. The lowest BCUT2D eigenvalue weighted by Gasteiger charge is -2.25. The van der Waals surface area contributed by atoms with E-state index in [1.54, 1.807) is 30.3 Å². The zero-order valence-corrected chi connectivity index (χ0v) is 17.0. The Kier molecular flexibility index (Phi) is 6.16. The summed E-state index contributed by atoms with van der Waals surface area (Å²) in [5.74, 6) is -1.48. The number of nitriles is 1. The Morgan fingerprint density at radius 1 is 1.23 bits per heavy atom. The van der Waals surface area contributed by atoms with E-state index < -0.39 is 35.7 Å². The van der Waals surface area contributed by atoms with Crippen LogP contribution in [0.15, 0.2) is 61.2 Å². The fourth-order valence-electron chi connectivity index (χ4n) is 3.37. The average Bonchev–Trinajstić information content (AvgIpc) is 2.98. The number of benzene rings is 2. The standard InChI is InChI=1S/C23H21FN4O3/c1-3-12-27(14-17-6-4-16(13-25)5-7-17)20(29)15-28-21(30)23(2,26-22(28)31)18-8-10-19(24)11-9-18/h3-11H,1,12,14-15H2,2H3,(H,26,31). The first kappa shape index (κ1) is 21.7. The molecule has 8 heteroatoms. The minimum atomic E-state index is -1.39. The van der Waals surface area contributed by atoms with Crippen LogP contribution in [0.3, 0.4) is 0 Å². The smallest absolute Gasteiger partial charge is 0.325 e. The molecule has 2 aromatic carbocycles. The SMILES string of the molecule is C=CCN(Cc1ccc(C#N)cc1)C(=O)CN1C(=O)NC(C)(c2ccc(F)cc2)C1=O. The van der Waals surface area contributed by atoms with Crippen LogP contribution in [0.4, 0.5) is 9.18 Å². The second-order valence-corrected chi connectivity index (χ2v) is 7.33. The van der Waals surface area contributed by atoms with Crippen molar-refractivity contribution in [3.8, 4) is 6.07 Å². The molecular weight excluding hydrogens is 399 g/mol. The van der Waals surface area contributed by atoms with E-state index in [0.717, 1.165) is 10.5 Å². The first-order valence-electron chi connectivity index (χ1n) is 9.56. The van der Waals surface area contributed by atoms with Gasteiger partial charge in [-0.2, -0.15) is 5.26 Å². The molecule has 1 aliphatic rings. The van der Waals surface area contributed by atoms with E-state index in [1.165, 1.54) is 36.1 Å². The van der Waals surface area contributed by atoms with E-state index in [4.69, 9.17) is 5.26 Å². The molecular formula is C23H21FN4O3. The maximum absolute atomic E-state index is 13.2. The first-order chi connectivity index (χ1) is 14.8. The van der Waals surface area contributed by atoms with E-state index in [2.05, 4.69) is 11.9 Å². The number of nitrogens with one attached hydrogen (secondary N) is 1. The molecule has 2 aromatic rings. The second kappa shape index (κ2) is 8.79. The largest absolute Gasteiger partial charge is 0.333 e. The number of imide groups is 1. The molecule has 4 amide bonds. The summed E-state index contributed by atoms with van der Waals surface area (Å²) in [5, 5.41) is 11.5. The number of rotatable bonds is 7. The Morgan fingerprint density at radius 3 is 2.45 bits per heavy atom. The highest BCUT2D eigenvalue weighted by Gasteiger charge is 2.49. The van der Waals surface area contributed by atoms with Gasteiger partial charge in [0.1, 0.15) is 17.9 Å². The van der Waals surface area contributed by atoms with Gasteiger partial charge < -0.3 is 10.2 Å². The topological polar surface area (TPSA) is 93.5 Å². The number of urea groups is 1. The van der Waals surface area contributed by atoms with Gasteiger partial charge in [0.25, 0.3) is 5.91 Å². The van der Waals surface area contributed by atoms with Gasteiger partial charge in [0, 0.05) is 13.1 Å². The van der Waals surface area contributed by atoms with Crippen molar-refractivity contribution < 1.29 is 18.8 Å². The summed E-state index contributed by atoms with van der Waals surface area (Å²) in [6.07, 6.45) is 1.55. The molecule has 0 spiro atoms. The molecule has 1 saturated heterocycles. The summed E-state index contributed by atoms with van der Waals surface area (Å²) < 4.78 is 13.2. The maximum atomic E-state index is 13.2. The lowest BCUT2D eigenvalue weighted by Crippen LogP contribution is -2.44. The predicted molar refractivity (Wildman–Crippen MR) is 111 cm³/mol. The van der Waals surface area contributed by atoms with Crippen LogP contribution in [0.1, 0.15) is 23.6 Å². The summed E-state index contributed by atoms with van der Waals surface area (Å²) >= 11 is 0. The molecule has 1 unspecified atom stereocenters. The number of halogens is 1. The number of hydrogen-bond acceptors (Lipinski definition) is 4. The highest BCUT2D eigenvalue weighted by Crippen LogP contribution is 2.29. The van der Waals surface area contributed by atoms with Gasteiger partial charge in [-0.15, -0.1) is 6.58 Å².